The lowest BCUT2D eigenvalue weighted by Crippen LogP contribution is -1.96. The minimum absolute atomic E-state index is 0.536. The third-order valence-corrected chi connectivity index (χ3v) is 4.43. The maximum Gasteiger partial charge on any atom is 0.131 e. The maximum absolute atomic E-state index is 6.25. The number of anilines is 1. The smallest absolute Gasteiger partial charge is 0.131 e. The Balaban J connectivity index is 1.70. The van der Waals surface area contributed by atoms with Crippen molar-refractivity contribution in [3.8, 4) is 17.0 Å². The van der Waals surface area contributed by atoms with Gasteiger partial charge in [-0.3, -0.25) is 4.98 Å². The summed E-state index contributed by atoms with van der Waals surface area (Å²) in [6.07, 6.45) is 4.36. The number of ether oxygens (including phenoxy) is 1. The fourth-order valence-electron chi connectivity index (χ4n) is 3.11. The molecule has 0 radical (unpaired) electrons. The van der Waals surface area contributed by atoms with Crippen LogP contribution in [-0.4, -0.2) is 17.1 Å². The van der Waals surface area contributed by atoms with Crippen molar-refractivity contribution in [2.45, 2.75) is 6.42 Å². The van der Waals surface area contributed by atoms with Crippen molar-refractivity contribution in [2.75, 3.05) is 12.8 Å². The quantitative estimate of drug-likeness (QED) is 0.594. The molecule has 2 heterocycles. The highest BCUT2D eigenvalue weighted by atomic mass is 16.5. The lowest BCUT2D eigenvalue weighted by atomic mass is 10.0. The van der Waals surface area contributed by atoms with E-state index in [1.54, 1.807) is 19.5 Å². The molecule has 0 unspecified atom stereocenters. The molecule has 0 amide bonds. The van der Waals surface area contributed by atoms with Crippen LogP contribution in [0.3, 0.4) is 0 Å². The number of rotatable bonds is 4. The number of benzene rings is 2. The van der Waals surface area contributed by atoms with Gasteiger partial charge in [0.25, 0.3) is 0 Å². The molecule has 0 spiro atoms. The van der Waals surface area contributed by atoms with Gasteiger partial charge in [-0.15, -0.1) is 0 Å². The number of nitrogens with zero attached hydrogens (tertiary/aromatic N) is 2. The highest BCUT2D eigenvalue weighted by Gasteiger charge is 2.07. The van der Waals surface area contributed by atoms with Crippen molar-refractivity contribution >= 4 is 16.6 Å². The molecule has 2 aromatic carbocycles. The molecule has 128 valence electrons. The topological polar surface area (TPSA) is 61.0 Å². The Labute approximate surface area is 152 Å². The zero-order chi connectivity index (χ0) is 17.9. The number of nitrogen functional groups attached to an aromatic ring is 1. The highest BCUT2D eigenvalue weighted by Crippen LogP contribution is 2.27. The number of methoxy groups -OCH3 is 1. The Morgan fingerprint density at radius 3 is 2.65 bits per heavy atom. The van der Waals surface area contributed by atoms with E-state index >= 15 is 0 Å². The Hall–Kier alpha value is -3.40. The number of hydrogen-bond acceptors (Lipinski definition) is 4. The van der Waals surface area contributed by atoms with Crippen LogP contribution in [0, 0.1) is 0 Å². The number of aromatic nitrogens is 2. The molecular weight excluding hydrogens is 322 g/mol. The van der Waals surface area contributed by atoms with Gasteiger partial charge in [0.2, 0.25) is 0 Å². The molecule has 2 N–H and O–H groups in total. The number of hydrogen-bond donors (Lipinski definition) is 1. The Bertz CT molecular complexity index is 1060. The first-order chi connectivity index (χ1) is 12.7. The molecule has 4 heteroatoms. The van der Waals surface area contributed by atoms with Gasteiger partial charge in [0.15, 0.2) is 0 Å². The predicted octanol–water partition coefficient (Wildman–Crippen LogP) is 4.48. The zero-order valence-corrected chi connectivity index (χ0v) is 14.5. The Morgan fingerprint density at radius 1 is 0.962 bits per heavy atom. The molecule has 2 aromatic heterocycles. The van der Waals surface area contributed by atoms with Crippen LogP contribution in [0.25, 0.3) is 22.0 Å². The first-order valence-electron chi connectivity index (χ1n) is 8.45. The second kappa shape index (κ2) is 6.84. The summed E-state index contributed by atoms with van der Waals surface area (Å²) in [7, 11) is 1.68. The van der Waals surface area contributed by atoms with E-state index in [-0.39, 0.29) is 0 Å². The standard InChI is InChI=1S/C22H19N3O/c1-26-19-6-2-4-15(11-19)10-16-7-8-17-13-21(18-5-3-9-24-14-18)25-22(23)20(17)12-16/h2-9,11-14H,10H2,1H3,(H2,23,25). The van der Waals surface area contributed by atoms with Crippen molar-refractivity contribution in [1.82, 2.24) is 9.97 Å². The molecule has 0 aliphatic rings. The zero-order valence-electron chi connectivity index (χ0n) is 14.5. The molecule has 0 aliphatic heterocycles. The molecule has 26 heavy (non-hydrogen) atoms. The molecule has 4 nitrogen and oxygen atoms in total. The maximum atomic E-state index is 6.25. The van der Waals surface area contributed by atoms with E-state index in [9.17, 15) is 0 Å². The van der Waals surface area contributed by atoms with Crippen molar-refractivity contribution in [1.29, 1.82) is 0 Å². The summed E-state index contributed by atoms with van der Waals surface area (Å²) >= 11 is 0. The van der Waals surface area contributed by atoms with Gasteiger partial charge in [0, 0.05) is 23.3 Å². The van der Waals surface area contributed by atoms with Gasteiger partial charge in [0.1, 0.15) is 11.6 Å². The van der Waals surface area contributed by atoms with Crippen LogP contribution in [0.2, 0.25) is 0 Å². The van der Waals surface area contributed by atoms with Crippen LogP contribution < -0.4 is 10.5 Å². The van der Waals surface area contributed by atoms with Crippen LogP contribution in [-0.2, 0) is 6.42 Å². The van der Waals surface area contributed by atoms with Crippen LogP contribution >= 0.6 is 0 Å². The summed E-state index contributed by atoms with van der Waals surface area (Å²) in [6, 6.07) is 20.4. The molecule has 0 saturated carbocycles. The molecule has 0 saturated heterocycles. The average molecular weight is 341 g/mol. The number of nitrogens with two attached hydrogens (primary N) is 1. The van der Waals surface area contributed by atoms with Gasteiger partial charge in [-0.2, -0.15) is 0 Å². The number of fused-ring (bicyclic) bond motifs is 1. The fraction of sp³-hybridized carbons (Fsp3) is 0.0909. The summed E-state index contributed by atoms with van der Waals surface area (Å²) in [5, 5.41) is 2.05. The molecule has 4 rings (SSSR count). The second-order valence-electron chi connectivity index (χ2n) is 6.22. The van der Waals surface area contributed by atoms with E-state index in [4.69, 9.17) is 10.5 Å². The lowest BCUT2D eigenvalue weighted by molar-refractivity contribution is 0.414. The predicted molar refractivity (Wildman–Crippen MR) is 105 cm³/mol. The summed E-state index contributed by atoms with van der Waals surface area (Å²) in [6.45, 7) is 0. The van der Waals surface area contributed by atoms with E-state index in [0.717, 1.165) is 34.2 Å². The lowest BCUT2D eigenvalue weighted by Gasteiger charge is -2.09. The molecule has 0 fully saturated rings. The SMILES string of the molecule is COc1cccc(Cc2ccc3cc(-c4cccnc4)nc(N)c3c2)c1. The molecule has 4 aromatic rings. The third-order valence-electron chi connectivity index (χ3n) is 4.43. The summed E-state index contributed by atoms with van der Waals surface area (Å²) in [5.41, 5.74) is 10.4. The van der Waals surface area contributed by atoms with Crippen molar-refractivity contribution in [2.24, 2.45) is 0 Å². The van der Waals surface area contributed by atoms with Gasteiger partial charge >= 0.3 is 0 Å². The molecule has 0 atom stereocenters. The first kappa shape index (κ1) is 16.1. The Kier molecular flexibility index (Phi) is 4.23. The van der Waals surface area contributed by atoms with E-state index in [0.29, 0.717) is 5.82 Å². The van der Waals surface area contributed by atoms with Gasteiger partial charge in [-0.1, -0.05) is 24.3 Å². The molecule has 0 aliphatic carbocycles. The van der Waals surface area contributed by atoms with Gasteiger partial charge in [-0.05, 0) is 59.3 Å². The summed E-state index contributed by atoms with van der Waals surface area (Å²) in [5.74, 6) is 1.40. The minimum Gasteiger partial charge on any atom is -0.497 e. The van der Waals surface area contributed by atoms with Crippen LogP contribution in [0.1, 0.15) is 11.1 Å². The van der Waals surface area contributed by atoms with Crippen molar-refractivity contribution in [3.05, 3.63) is 84.2 Å². The van der Waals surface area contributed by atoms with E-state index in [1.165, 1.54) is 11.1 Å². The van der Waals surface area contributed by atoms with Crippen molar-refractivity contribution < 1.29 is 4.74 Å². The summed E-state index contributed by atoms with van der Waals surface area (Å²) < 4.78 is 5.30. The first-order valence-corrected chi connectivity index (χ1v) is 8.45. The second-order valence-corrected chi connectivity index (χ2v) is 6.22. The van der Waals surface area contributed by atoms with Gasteiger partial charge in [-0.25, -0.2) is 4.98 Å². The minimum atomic E-state index is 0.536. The van der Waals surface area contributed by atoms with Crippen LogP contribution in [0.4, 0.5) is 5.82 Å². The van der Waals surface area contributed by atoms with Crippen LogP contribution in [0.15, 0.2) is 73.1 Å². The summed E-state index contributed by atoms with van der Waals surface area (Å²) in [4.78, 5) is 8.72. The number of pyridine rings is 2. The van der Waals surface area contributed by atoms with Gasteiger partial charge in [0.05, 0.1) is 12.8 Å². The normalized spacial score (nSPS) is 10.8. The third kappa shape index (κ3) is 3.22. The fourth-order valence-corrected chi connectivity index (χ4v) is 3.11. The average Bonchev–Trinajstić information content (AvgIpc) is 2.69. The molecular formula is C22H19N3O. The Morgan fingerprint density at radius 2 is 1.85 bits per heavy atom. The van der Waals surface area contributed by atoms with Crippen LogP contribution in [0.5, 0.6) is 5.75 Å². The van der Waals surface area contributed by atoms with Gasteiger partial charge < -0.3 is 10.5 Å². The van der Waals surface area contributed by atoms with E-state index < -0.39 is 0 Å². The van der Waals surface area contributed by atoms with E-state index in [2.05, 4.69) is 46.4 Å². The molecule has 0 bridgehead atoms. The van der Waals surface area contributed by atoms with E-state index in [1.807, 2.05) is 24.3 Å². The largest absolute Gasteiger partial charge is 0.497 e. The highest BCUT2D eigenvalue weighted by molar-refractivity contribution is 5.94. The monoisotopic (exact) mass is 341 g/mol. The van der Waals surface area contributed by atoms with Crippen molar-refractivity contribution in [3.63, 3.8) is 0 Å².